The van der Waals surface area contributed by atoms with Crippen molar-refractivity contribution in [2.24, 2.45) is 5.73 Å². The SMILES string of the molecule is C=C(C#N)CNc1c(OC)ccc2ccc(-c3cccc(C(=O)NCC(N)=O)n3)cc12. The molecule has 8 heteroatoms. The van der Waals surface area contributed by atoms with E-state index >= 15 is 0 Å². The summed E-state index contributed by atoms with van der Waals surface area (Å²) in [5.74, 6) is -0.490. The minimum absolute atomic E-state index is 0.174. The van der Waals surface area contributed by atoms with Crippen molar-refractivity contribution < 1.29 is 14.3 Å². The van der Waals surface area contributed by atoms with E-state index in [1.807, 2.05) is 36.4 Å². The molecule has 0 saturated heterocycles. The molecule has 0 bridgehead atoms. The Morgan fingerprint density at radius 1 is 1.19 bits per heavy atom. The van der Waals surface area contributed by atoms with Crippen LogP contribution in [0.3, 0.4) is 0 Å². The molecule has 1 aromatic heterocycles. The molecule has 8 nitrogen and oxygen atoms in total. The zero-order valence-electron chi connectivity index (χ0n) is 16.9. The molecule has 0 spiro atoms. The molecule has 1 heterocycles. The molecule has 0 saturated carbocycles. The number of fused-ring (bicyclic) bond motifs is 1. The number of carbonyl (C=O) groups is 2. The van der Waals surface area contributed by atoms with E-state index in [9.17, 15) is 9.59 Å². The second kappa shape index (κ2) is 9.41. The van der Waals surface area contributed by atoms with E-state index in [1.54, 1.807) is 25.3 Å². The van der Waals surface area contributed by atoms with E-state index in [2.05, 4.69) is 22.2 Å². The molecule has 0 unspecified atom stereocenters. The van der Waals surface area contributed by atoms with Gasteiger partial charge < -0.3 is 21.1 Å². The summed E-state index contributed by atoms with van der Waals surface area (Å²) < 4.78 is 5.48. The Labute approximate surface area is 179 Å². The lowest BCUT2D eigenvalue weighted by Gasteiger charge is -2.15. The number of nitrogens with one attached hydrogen (secondary N) is 2. The predicted molar refractivity (Wildman–Crippen MR) is 119 cm³/mol. The second-order valence-electron chi connectivity index (χ2n) is 6.70. The molecule has 0 fully saturated rings. The number of benzene rings is 2. The van der Waals surface area contributed by atoms with Gasteiger partial charge in [0.15, 0.2) is 0 Å². The Kier molecular flexibility index (Phi) is 6.48. The Bertz CT molecular complexity index is 1210. The molecule has 3 rings (SSSR count). The van der Waals surface area contributed by atoms with Crippen molar-refractivity contribution in [3.8, 4) is 23.1 Å². The molecule has 0 aliphatic heterocycles. The minimum atomic E-state index is -0.632. The summed E-state index contributed by atoms with van der Waals surface area (Å²) in [6.45, 7) is 3.72. The van der Waals surface area contributed by atoms with Crippen LogP contribution in [0.2, 0.25) is 0 Å². The number of rotatable bonds is 8. The van der Waals surface area contributed by atoms with Crippen molar-refractivity contribution in [3.05, 3.63) is 66.4 Å². The van der Waals surface area contributed by atoms with E-state index < -0.39 is 11.8 Å². The van der Waals surface area contributed by atoms with Crippen LogP contribution in [0.15, 0.2) is 60.7 Å². The van der Waals surface area contributed by atoms with Crippen LogP contribution in [0, 0.1) is 11.3 Å². The van der Waals surface area contributed by atoms with Crippen LogP contribution in [0.25, 0.3) is 22.0 Å². The largest absolute Gasteiger partial charge is 0.495 e. The zero-order chi connectivity index (χ0) is 22.4. The smallest absolute Gasteiger partial charge is 0.270 e. The lowest BCUT2D eigenvalue weighted by Crippen LogP contribution is -2.33. The van der Waals surface area contributed by atoms with Gasteiger partial charge >= 0.3 is 0 Å². The maximum Gasteiger partial charge on any atom is 0.270 e. The number of hydrogen-bond donors (Lipinski definition) is 3. The van der Waals surface area contributed by atoms with Gasteiger partial charge in [-0.2, -0.15) is 5.26 Å². The van der Waals surface area contributed by atoms with E-state index in [0.29, 0.717) is 17.0 Å². The van der Waals surface area contributed by atoms with E-state index in [0.717, 1.165) is 22.0 Å². The summed E-state index contributed by atoms with van der Waals surface area (Å²) >= 11 is 0. The van der Waals surface area contributed by atoms with Crippen molar-refractivity contribution in [2.45, 2.75) is 0 Å². The van der Waals surface area contributed by atoms with Crippen LogP contribution in [0.5, 0.6) is 5.75 Å². The van der Waals surface area contributed by atoms with Gasteiger partial charge in [0.05, 0.1) is 31.1 Å². The maximum atomic E-state index is 12.2. The molecule has 2 aromatic carbocycles. The molecule has 0 radical (unpaired) electrons. The summed E-state index contributed by atoms with van der Waals surface area (Å²) in [6.07, 6.45) is 0. The topological polar surface area (TPSA) is 130 Å². The molecule has 0 aliphatic carbocycles. The van der Waals surface area contributed by atoms with Crippen LogP contribution < -0.4 is 21.1 Å². The number of anilines is 1. The van der Waals surface area contributed by atoms with Crippen LogP contribution in [0.1, 0.15) is 10.5 Å². The second-order valence-corrected chi connectivity index (χ2v) is 6.70. The van der Waals surface area contributed by atoms with Gasteiger partial charge in [0.25, 0.3) is 5.91 Å². The fraction of sp³-hybridized carbons (Fsp3) is 0.130. The number of nitrogens with two attached hydrogens (primary N) is 1. The van der Waals surface area contributed by atoms with Gasteiger partial charge in [-0.1, -0.05) is 30.8 Å². The van der Waals surface area contributed by atoms with Crippen molar-refractivity contribution >= 4 is 28.3 Å². The van der Waals surface area contributed by atoms with Crippen molar-refractivity contribution in [1.82, 2.24) is 10.3 Å². The fourth-order valence-electron chi connectivity index (χ4n) is 3.03. The van der Waals surface area contributed by atoms with E-state index in [-0.39, 0.29) is 18.8 Å². The number of methoxy groups -OCH3 is 1. The average molecular weight is 415 g/mol. The van der Waals surface area contributed by atoms with Crippen molar-refractivity contribution in [2.75, 3.05) is 25.5 Å². The van der Waals surface area contributed by atoms with Gasteiger partial charge in [-0.15, -0.1) is 0 Å². The molecule has 2 amide bonds. The number of nitrogens with zero attached hydrogens (tertiary/aromatic N) is 2. The number of pyridine rings is 1. The fourth-order valence-corrected chi connectivity index (χ4v) is 3.03. The summed E-state index contributed by atoms with van der Waals surface area (Å²) in [5, 5.41) is 16.5. The summed E-state index contributed by atoms with van der Waals surface area (Å²) in [6, 6.07) is 16.6. The number of amides is 2. The molecule has 0 atom stereocenters. The molecule has 3 aromatic rings. The predicted octanol–water partition coefficient (Wildman–Crippen LogP) is 2.62. The summed E-state index contributed by atoms with van der Waals surface area (Å²) in [5.41, 5.74) is 7.74. The highest BCUT2D eigenvalue weighted by Gasteiger charge is 2.13. The quantitative estimate of drug-likeness (QED) is 0.485. The first-order valence-electron chi connectivity index (χ1n) is 9.39. The van der Waals surface area contributed by atoms with Crippen LogP contribution in [-0.2, 0) is 4.79 Å². The van der Waals surface area contributed by atoms with Gasteiger partial charge in [-0.05, 0) is 29.7 Å². The third-order valence-corrected chi connectivity index (χ3v) is 4.54. The number of nitriles is 1. The van der Waals surface area contributed by atoms with Gasteiger partial charge in [-0.3, -0.25) is 9.59 Å². The van der Waals surface area contributed by atoms with Crippen LogP contribution in [0.4, 0.5) is 5.69 Å². The van der Waals surface area contributed by atoms with Gasteiger partial charge in [0.2, 0.25) is 5.91 Å². The standard InChI is InChI=1S/C23H21N5O3/c1-14(11-24)12-26-22-17-10-16(7-6-15(17)8-9-20(22)31-2)18-4-3-5-19(28-18)23(30)27-13-21(25)29/h3-10,26H,1,12-13H2,2H3,(H2,25,29)(H,27,30). The highest BCUT2D eigenvalue weighted by Crippen LogP contribution is 2.35. The van der Waals surface area contributed by atoms with Gasteiger partial charge in [0.1, 0.15) is 11.4 Å². The van der Waals surface area contributed by atoms with E-state index in [4.69, 9.17) is 15.7 Å². The Morgan fingerprint density at radius 3 is 2.68 bits per heavy atom. The third kappa shape index (κ3) is 4.97. The van der Waals surface area contributed by atoms with Gasteiger partial charge in [-0.25, -0.2) is 4.98 Å². The number of ether oxygens (including phenoxy) is 1. The molecule has 0 aliphatic rings. The Morgan fingerprint density at radius 2 is 1.97 bits per heavy atom. The molecule has 4 N–H and O–H groups in total. The number of hydrogen-bond acceptors (Lipinski definition) is 6. The first-order valence-corrected chi connectivity index (χ1v) is 9.39. The molecule has 31 heavy (non-hydrogen) atoms. The first-order chi connectivity index (χ1) is 14.9. The third-order valence-electron chi connectivity index (χ3n) is 4.54. The lowest BCUT2D eigenvalue weighted by molar-refractivity contribution is -0.117. The van der Waals surface area contributed by atoms with Crippen molar-refractivity contribution in [1.29, 1.82) is 5.26 Å². The molecular weight excluding hydrogens is 394 g/mol. The summed E-state index contributed by atoms with van der Waals surface area (Å²) in [4.78, 5) is 27.5. The first kappa shape index (κ1) is 21.3. The van der Waals surface area contributed by atoms with E-state index in [1.165, 1.54) is 0 Å². The molecular formula is C23H21N5O3. The Hall–Kier alpha value is -4.38. The Balaban J connectivity index is 2.01. The van der Waals surface area contributed by atoms with Crippen molar-refractivity contribution in [3.63, 3.8) is 0 Å². The molecule has 156 valence electrons. The monoisotopic (exact) mass is 415 g/mol. The highest BCUT2D eigenvalue weighted by atomic mass is 16.5. The maximum absolute atomic E-state index is 12.2. The van der Waals surface area contributed by atoms with Crippen LogP contribution in [-0.4, -0.2) is 37.0 Å². The lowest BCUT2D eigenvalue weighted by atomic mass is 10.0. The number of carbonyl (C=O) groups excluding carboxylic acids is 2. The average Bonchev–Trinajstić information content (AvgIpc) is 2.80. The van der Waals surface area contributed by atoms with Gasteiger partial charge in [0, 0.05) is 23.1 Å². The number of primary amides is 1. The highest BCUT2D eigenvalue weighted by molar-refractivity contribution is 6.00. The van der Waals surface area contributed by atoms with Crippen LogP contribution >= 0.6 is 0 Å². The number of aromatic nitrogens is 1. The zero-order valence-corrected chi connectivity index (χ0v) is 16.9. The minimum Gasteiger partial charge on any atom is -0.495 e. The normalized spacial score (nSPS) is 10.2. The summed E-state index contributed by atoms with van der Waals surface area (Å²) in [7, 11) is 1.57.